The monoisotopic (exact) mass is 493 g/mol. The molecule has 0 bridgehead atoms. The van der Waals surface area contributed by atoms with Crippen molar-refractivity contribution >= 4 is 51.7 Å². The van der Waals surface area contributed by atoms with E-state index < -0.39 is 0 Å². The molecule has 6 nitrogen and oxygen atoms in total. The third-order valence-corrected chi connectivity index (χ3v) is 7.79. The Kier molecular flexibility index (Phi) is 5.97. The number of hydrogen-bond acceptors (Lipinski definition) is 7. The number of aliphatic imine (C=N–C) groups is 1. The molecule has 3 aromatic rings. The molecular formula is C25H20FN3O3S2. The van der Waals surface area contributed by atoms with Crippen LogP contribution in [0.25, 0.3) is 0 Å². The van der Waals surface area contributed by atoms with E-state index in [9.17, 15) is 9.18 Å². The van der Waals surface area contributed by atoms with Gasteiger partial charge in [-0.2, -0.15) is 0 Å². The van der Waals surface area contributed by atoms with Gasteiger partial charge in [0.05, 0.1) is 36.3 Å². The van der Waals surface area contributed by atoms with Crippen LogP contribution in [0.1, 0.15) is 0 Å². The van der Waals surface area contributed by atoms with Crippen molar-refractivity contribution in [2.75, 3.05) is 31.1 Å². The maximum Gasteiger partial charge on any atom is 0.274 e. The van der Waals surface area contributed by atoms with Crippen molar-refractivity contribution < 1.29 is 18.7 Å². The maximum absolute atomic E-state index is 13.7. The van der Waals surface area contributed by atoms with E-state index >= 15 is 0 Å². The summed E-state index contributed by atoms with van der Waals surface area (Å²) in [4.78, 5) is 23.5. The zero-order chi connectivity index (χ0) is 23.8. The summed E-state index contributed by atoms with van der Waals surface area (Å²) < 4.78 is 24.2. The molecule has 1 fully saturated rings. The van der Waals surface area contributed by atoms with Gasteiger partial charge in [-0.05, 0) is 72.4 Å². The minimum absolute atomic E-state index is 0.210. The molecule has 3 aromatic carbocycles. The van der Waals surface area contributed by atoms with Gasteiger partial charge in [0.25, 0.3) is 5.91 Å². The van der Waals surface area contributed by atoms with E-state index in [0.717, 1.165) is 27.1 Å². The van der Waals surface area contributed by atoms with Gasteiger partial charge in [-0.15, -0.1) is 0 Å². The topological polar surface area (TPSA) is 54.4 Å². The minimum Gasteiger partial charge on any atom is -0.497 e. The highest BCUT2D eigenvalue weighted by Gasteiger charge is 2.40. The lowest BCUT2D eigenvalue weighted by molar-refractivity contribution is -0.113. The minimum atomic E-state index is -0.370. The number of rotatable bonds is 4. The van der Waals surface area contributed by atoms with Crippen LogP contribution in [0.5, 0.6) is 11.5 Å². The third-order valence-electron chi connectivity index (χ3n) is 5.40. The maximum atomic E-state index is 13.7. The Bertz CT molecular complexity index is 1320. The molecule has 2 aliphatic heterocycles. The van der Waals surface area contributed by atoms with Gasteiger partial charge in [-0.25, -0.2) is 9.38 Å². The van der Waals surface area contributed by atoms with Crippen molar-refractivity contribution in [3.63, 3.8) is 0 Å². The van der Waals surface area contributed by atoms with E-state index in [-0.39, 0.29) is 11.7 Å². The molecule has 0 saturated carbocycles. The second-order valence-corrected chi connectivity index (χ2v) is 9.45. The molecule has 0 aromatic heterocycles. The molecule has 0 unspecified atom stereocenters. The zero-order valence-electron chi connectivity index (χ0n) is 18.6. The van der Waals surface area contributed by atoms with E-state index in [2.05, 4.69) is 0 Å². The smallest absolute Gasteiger partial charge is 0.274 e. The van der Waals surface area contributed by atoms with E-state index in [1.807, 2.05) is 54.4 Å². The molecule has 1 saturated heterocycles. The summed E-state index contributed by atoms with van der Waals surface area (Å²) in [5, 5.41) is 1.30. The summed E-state index contributed by atoms with van der Waals surface area (Å²) in [6, 6.07) is 18.9. The summed E-state index contributed by atoms with van der Waals surface area (Å²) in [7, 11) is 5.15. The number of halogens is 1. The summed E-state index contributed by atoms with van der Waals surface area (Å²) >= 11 is 2.83. The number of amides is 1. The predicted octanol–water partition coefficient (Wildman–Crippen LogP) is 6.02. The first-order valence-corrected chi connectivity index (χ1v) is 12.0. The molecule has 0 atom stereocenters. The van der Waals surface area contributed by atoms with Gasteiger partial charge < -0.3 is 14.4 Å². The van der Waals surface area contributed by atoms with Gasteiger partial charge in [-0.3, -0.25) is 9.69 Å². The number of ether oxygens (including phenoxy) is 2. The highest BCUT2D eigenvalue weighted by molar-refractivity contribution is 8.20. The van der Waals surface area contributed by atoms with Crippen molar-refractivity contribution in [2.45, 2.75) is 4.90 Å². The molecule has 2 heterocycles. The number of thioether (sulfide) groups is 2. The van der Waals surface area contributed by atoms with E-state index in [0.29, 0.717) is 21.4 Å². The van der Waals surface area contributed by atoms with Gasteiger partial charge in [0, 0.05) is 18.0 Å². The van der Waals surface area contributed by atoms with E-state index in [1.165, 1.54) is 40.6 Å². The van der Waals surface area contributed by atoms with Crippen LogP contribution in [-0.4, -0.2) is 32.3 Å². The Morgan fingerprint density at radius 1 is 0.882 bits per heavy atom. The number of nitrogens with zero attached hydrogens (tertiary/aromatic N) is 3. The molecule has 5 rings (SSSR count). The fourth-order valence-electron chi connectivity index (χ4n) is 3.62. The second kappa shape index (κ2) is 9.08. The molecule has 1 amide bonds. The zero-order valence-corrected chi connectivity index (χ0v) is 20.2. The summed E-state index contributed by atoms with van der Waals surface area (Å²) in [6.45, 7) is 0. The van der Waals surface area contributed by atoms with Crippen molar-refractivity contribution in [2.24, 2.45) is 4.99 Å². The van der Waals surface area contributed by atoms with Gasteiger partial charge in [-0.1, -0.05) is 11.8 Å². The van der Waals surface area contributed by atoms with Gasteiger partial charge in [0.1, 0.15) is 22.2 Å². The summed E-state index contributed by atoms with van der Waals surface area (Å²) in [5.74, 6) is 0.885. The molecular weight excluding hydrogens is 473 g/mol. The van der Waals surface area contributed by atoms with E-state index in [1.54, 1.807) is 26.4 Å². The predicted molar refractivity (Wildman–Crippen MR) is 136 cm³/mol. The SMILES string of the molecule is COc1ccc(N=C2S/C(=C3\Sc4ccc(OC)cc4N3C)C(=O)N2c2ccc(F)cc2)cc1. The number of hydrogen-bond donors (Lipinski definition) is 0. The number of amidine groups is 1. The lowest BCUT2D eigenvalue weighted by Crippen LogP contribution is -2.29. The largest absolute Gasteiger partial charge is 0.497 e. The second-order valence-electron chi connectivity index (χ2n) is 7.44. The Hall–Kier alpha value is -3.43. The molecule has 34 heavy (non-hydrogen) atoms. The van der Waals surface area contributed by atoms with Gasteiger partial charge in [0.15, 0.2) is 5.17 Å². The number of carbonyl (C=O) groups excluding carboxylic acids is 1. The van der Waals surface area contributed by atoms with Crippen LogP contribution in [-0.2, 0) is 4.79 Å². The summed E-state index contributed by atoms with van der Waals surface area (Å²) in [6.07, 6.45) is 0. The first kappa shape index (κ1) is 22.4. The average molecular weight is 494 g/mol. The lowest BCUT2D eigenvalue weighted by atomic mass is 10.2. The third kappa shape index (κ3) is 4.01. The normalized spacial score (nSPS) is 18.6. The Morgan fingerprint density at radius 2 is 1.56 bits per heavy atom. The first-order valence-electron chi connectivity index (χ1n) is 10.3. The number of anilines is 2. The molecule has 0 aliphatic carbocycles. The molecule has 0 spiro atoms. The molecule has 9 heteroatoms. The van der Waals surface area contributed by atoms with Gasteiger partial charge >= 0.3 is 0 Å². The van der Waals surface area contributed by atoms with Crippen LogP contribution < -0.4 is 19.3 Å². The number of methoxy groups -OCH3 is 2. The number of fused-ring (bicyclic) bond motifs is 1. The van der Waals surface area contributed by atoms with Crippen molar-refractivity contribution in [1.29, 1.82) is 0 Å². The lowest BCUT2D eigenvalue weighted by Gasteiger charge is -2.17. The molecule has 2 aliphatic rings. The Balaban J connectivity index is 1.58. The molecule has 0 radical (unpaired) electrons. The van der Waals surface area contributed by atoms with Crippen LogP contribution in [0, 0.1) is 5.82 Å². The van der Waals surface area contributed by atoms with Crippen molar-refractivity contribution in [3.8, 4) is 11.5 Å². The fraction of sp³-hybridized carbons (Fsp3) is 0.120. The average Bonchev–Trinajstić information content (AvgIpc) is 3.35. The molecule has 0 N–H and O–H groups in total. The van der Waals surface area contributed by atoms with Crippen LogP contribution in [0.3, 0.4) is 0 Å². The molecule has 172 valence electrons. The van der Waals surface area contributed by atoms with Crippen LogP contribution in [0.4, 0.5) is 21.5 Å². The summed E-state index contributed by atoms with van der Waals surface area (Å²) in [5.41, 5.74) is 2.19. The number of benzene rings is 3. The standard InChI is InChI=1S/C25H20FN3O3S2/c1-28-20-14-19(32-3)12-13-21(20)33-24(28)22-23(30)29(17-8-4-15(26)5-9-17)25(34-22)27-16-6-10-18(31-2)11-7-16/h4-14H,1-3H3/b24-22-,27-25?. The number of carbonyl (C=O) groups is 1. The highest BCUT2D eigenvalue weighted by atomic mass is 32.2. The Morgan fingerprint density at radius 3 is 2.24 bits per heavy atom. The quantitative estimate of drug-likeness (QED) is 0.414. The van der Waals surface area contributed by atoms with E-state index in [4.69, 9.17) is 14.5 Å². The van der Waals surface area contributed by atoms with Crippen molar-refractivity contribution in [3.05, 3.63) is 82.5 Å². The highest BCUT2D eigenvalue weighted by Crippen LogP contribution is 2.51. The fourth-order valence-corrected chi connectivity index (χ4v) is 5.94. The first-order chi connectivity index (χ1) is 16.5. The van der Waals surface area contributed by atoms with Crippen molar-refractivity contribution in [1.82, 2.24) is 0 Å². The van der Waals surface area contributed by atoms with Crippen LogP contribution in [0.15, 0.2) is 86.6 Å². The van der Waals surface area contributed by atoms with Gasteiger partial charge in [0.2, 0.25) is 0 Å². The Labute approximate surface area is 205 Å². The van der Waals surface area contributed by atoms with Crippen LogP contribution >= 0.6 is 23.5 Å². The van der Waals surface area contributed by atoms with Crippen LogP contribution in [0.2, 0.25) is 0 Å².